The molecule has 0 spiro atoms. The number of benzene rings is 1. The fraction of sp³-hybridized carbons (Fsp3) is 0.364. The minimum atomic E-state index is -0.556. The second kappa shape index (κ2) is 17.5. The summed E-state index contributed by atoms with van der Waals surface area (Å²) in [5.74, 6) is -1.42. The lowest BCUT2D eigenvalue weighted by atomic mass is 10.0. The van der Waals surface area contributed by atoms with Crippen LogP contribution in [0.25, 0.3) is 11.1 Å². The van der Waals surface area contributed by atoms with E-state index in [2.05, 4.69) is 36.5 Å². The van der Waals surface area contributed by atoms with Gasteiger partial charge >= 0.3 is 11.9 Å². The average Bonchev–Trinajstić information content (AvgIpc) is 2.96. The highest BCUT2D eigenvalue weighted by Gasteiger charge is 2.18. The van der Waals surface area contributed by atoms with Gasteiger partial charge in [-0.2, -0.15) is 0 Å². The smallest absolute Gasteiger partial charge is 0.308 e. The summed E-state index contributed by atoms with van der Waals surface area (Å²) in [6.07, 6.45) is 4.00. The number of amides is 2. The minimum Gasteiger partial charge on any atom is -0.460 e. The molecule has 0 aliphatic rings. The van der Waals surface area contributed by atoms with E-state index < -0.39 is 17.1 Å². The molecule has 0 unspecified atom stereocenters. The third-order valence-electron chi connectivity index (χ3n) is 5.48. The molecule has 46 heavy (non-hydrogen) atoms. The third-order valence-corrected chi connectivity index (χ3v) is 6.18. The monoisotopic (exact) mass is 716 g/mol. The fourth-order valence-corrected chi connectivity index (χ4v) is 4.01. The SMILES string of the molecule is CC(C)(C)OC(=O)CCNC(=O)c1ccc(-c2cc(Cl)ccc2C=O)cn1.CC(C)(C)OC(=O)CCNC(=O)c1ccc(Br)cn1. The van der Waals surface area contributed by atoms with E-state index in [9.17, 15) is 24.0 Å². The highest BCUT2D eigenvalue weighted by molar-refractivity contribution is 9.10. The normalized spacial score (nSPS) is 11.0. The summed E-state index contributed by atoms with van der Waals surface area (Å²) in [5.41, 5.74) is 1.25. The summed E-state index contributed by atoms with van der Waals surface area (Å²) in [6, 6.07) is 11.5. The van der Waals surface area contributed by atoms with Crippen LogP contribution in [-0.4, -0.2) is 64.3 Å². The fourth-order valence-electron chi connectivity index (χ4n) is 3.60. The molecule has 0 aliphatic carbocycles. The van der Waals surface area contributed by atoms with E-state index in [-0.39, 0.29) is 49.5 Å². The molecule has 2 aromatic heterocycles. The molecule has 0 saturated carbocycles. The first-order chi connectivity index (χ1) is 21.5. The zero-order chi connectivity index (χ0) is 34.5. The molecule has 1 aromatic carbocycles. The summed E-state index contributed by atoms with van der Waals surface area (Å²) >= 11 is 9.23. The minimum absolute atomic E-state index is 0.0757. The van der Waals surface area contributed by atoms with Gasteiger partial charge in [-0.1, -0.05) is 17.7 Å². The van der Waals surface area contributed by atoms with E-state index in [0.717, 1.165) is 10.8 Å². The van der Waals surface area contributed by atoms with Crippen molar-refractivity contribution in [3.05, 3.63) is 81.3 Å². The van der Waals surface area contributed by atoms with Gasteiger partial charge in [-0.15, -0.1) is 0 Å². The second-order valence-corrected chi connectivity index (χ2v) is 13.2. The lowest BCUT2D eigenvalue weighted by Crippen LogP contribution is -2.30. The number of nitrogens with one attached hydrogen (secondary N) is 2. The Kier molecular flexibility index (Phi) is 14.5. The molecule has 0 saturated heterocycles. The Labute approximate surface area is 281 Å². The maximum atomic E-state index is 12.1. The Morgan fingerprint density at radius 3 is 1.70 bits per heavy atom. The van der Waals surface area contributed by atoms with Crippen LogP contribution < -0.4 is 10.6 Å². The van der Waals surface area contributed by atoms with Gasteiger partial charge in [-0.3, -0.25) is 29.0 Å². The number of aromatic nitrogens is 2. The quantitative estimate of drug-likeness (QED) is 0.190. The number of carbonyl (C=O) groups excluding carboxylic acids is 5. The highest BCUT2D eigenvalue weighted by atomic mass is 79.9. The van der Waals surface area contributed by atoms with E-state index >= 15 is 0 Å². The summed E-state index contributed by atoms with van der Waals surface area (Å²) in [5, 5.41) is 5.74. The Morgan fingerprint density at radius 2 is 1.28 bits per heavy atom. The number of esters is 2. The number of nitrogens with zero attached hydrogens (tertiary/aromatic N) is 2. The molecule has 0 bridgehead atoms. The molecule has 0 aliphatic heterocycles. The number of hydrogen-bond donors (Lipinski definition) is 2. The molecule has 246 valence electrons. The molecule has 3 rings (SSSR count). The van der Waals surface area contributed by atoms with Crippen LogP contribution in [0, 0.1) is 0 Å². The lowest BCUT2D eigenvalue weighted by Gasteiger charge is -2.19. The predicted octanol–water partition coefficient (Wildman–Crippen LogP) is 5.98. The number of rotatable bonds is 10. The first kappa shape index (κ1) is 38.0. The van der Waals surface area contributed by atoms with E-state index in [1.54, 1.807) is 90.2 Å². The standard InChI is InChI=1S/C20H21ClN2O4.C13H17BrN2O3/c1-20(2,3)27-18(25)8-9-22-19(26)17-7-5-13(11-23-17)16-10-15(21)6-4-14(16)12-24;1-13(2,3)19-11(17)6-7-15-12(18)10-5-4-9(14)8-16-10/h4-7,10-12H,8-9H2,1-3H3,(H,22,26);4-5,8H,6-7H2,1-3H3,(H,15,18). The predicted molar refractivity (Wildman–Crippen MR) is 178 cm³/mol. The first-order valence-electron chi connectivity index (χ1n) is 14.3. The van der Waals surface area contributed by atoms with E-state index in [4.69, 9.17) is 21.1 Å². The maximum Gasteiger partial charge on any atom is 0.308 e. The summed E-state index contributed by atoms with van der Waals surface area (Å²) in [7, 11) is 0. The van der Waals surface area contributed by atoms with Gasteiger partial charge in [0.2, 0.25) is 0 Å². The molecule has 2 amide bonds. The Hall–Kier alpha value is -4.16. The van der Waals surface area contributed by atoms with E-state index in [0.29, 0.717) is 27.4 Å². The topological polar surface area (TPSA) is 154 Å². The Morgan fingerprint density at radius 1 is 0.783 bits per heavy atom. The summed E-state index contributed by atoms with van der Waals surface area (Å²) in [4.78, 5) is 66.2. The van der Waals surface area contributed by atoms with Gasteiger partial charge in [0.25, 0.3) is 11.8 Å². The van der Waals surface area contributed by atoms with Crippen molar-refractivity contribution in [2.45, 2.75) is 65.6 Å². The molecule has 11 nitrogen and oxygen atoms in total. The molecule has 13 heteroatoms. The third kappa shape index (κ3) is 14.3. The molecular weight excluding hydrogens is 680 g/mol. The van der Waals surface area contributed by atoms with Crippen molar-refractivity contribution in [3.63, 3.8) is 0 Å². The van der Waals surface area contributed by atoms with E-state index in [1.165, 1.54) is 6.20 Å². The lowest BCUT2D eigenvalue weighted by molar-refractivity contribution is -0.155. The van der Waals surface area contributed by atoms with Crippen molar-refractivity contribution in [1.82, 2.24) is 20.6 Å². The maximum absolute atomic E-state index is 12.1. The van der Waals surface area contributed by atoms with Crippen LogP contribution in [0.1, 0.15) is 85.7 Å². The van der Waals surface area contributed by atoms with Crippen LogP contribution >= 0.6 is 27.5 Å². The Balaban J connectivity index is 0.000000341. The van der Waals surface area contributed by atoms with Gasteiger partial charge in [-0.25, -0.2) is 4.98 Å². The largest absolute Gasteiger partial charge is 0.460 e. The molecule has 0 atom stereocenters. The van der Waals surface area contributed by atoms with Crippen molar-refractivity contribution >= 4 is 57.6 Å². The van der Waals surface area contributed by atoms with Gasteiger partial charge < -0.3 is 20.1 Å². The van der Waals surface area contributed by atoms with E-state index in [1.807, 2.05) is 0 Å². The van der Waals surface area contributed by atoms with Crippen molar-refractivity contribution < 1.29 is 33.4 Å². The van der Waals surface area contributed by atoms with Crippen LogP contribution in [0.2, 0.25) is 5.02 Å². The van der Waals surface area contributed by atoms with Crippen molar-refractivity contribution in [2.75, 3.05) is 13.1 Å². The van der Waals surface area contributed by atoms with Crippen LogP contribution in [0.5, 0.6) is 0 Å². The number of ether oxygens (including phenoxy) is 2. The number of pyridine rings is 2. The van der Waals surface area contributed by atoms with Crippen LogP contribution in [0.4, 0.5) is 0 Å². The molecule has 2 N–H and O–H groups in total. The van der Waals surface area contributed by atoms with Crippen LogP contribution in [0.15, 0.2) is 59.3 Å². The molecule has 0 radical (unpaired) electrons. The number of hydrogen-bond acceptors (Lipinski definition) is 9. The second-order valence-electron chi connectivity index (χ2n) is 11.8. The summed E-state index contributed by atoms with van der Waals surface area (Å²) in [6.45, 7) is 11.1. The van der Waals surface area contributed by atoms with Gasteiger partial charge in [0, 0.05) is 46.1 Å². The summed E-state index contributed by atoms with van der Waals surface area (Å²) < 4.78 is 11.1. The highest BCUT2D eigenvalue weighted by Crippen LogP contribution is 2.25. The molecular formula is C33H38BrClN4O7. The van der Waals surface area contributed by atoms with Gasteiger partial charge in [0.15, 0.2) is 6.29 Å². The zero-order valence-electron chi connectivity index (χ0n) is 26.6. The van der Waals surface area contributed by atoms with Gasteiger partial charge in [0.05, 0.1) is 12.8 Å². The van der Waals surface area contributed by atoms with Gasteiger partial charge in [0.1, 0.15) is 22.6 Å². The average molecular weight is 718 g/mol. The molecule has 0 fully saturated rings. The van der Waals surface area contributed by atoms with Crippen LogP contribution in [-0.2, 0) is 19.1 Å². The number of aldehydes is 1. The van der Waals surface area contributed by atoms with Crippen molar-refractivity contribution in [3.8, 4) is 11.1 Å². The number of halogens is 2. The van der Waals surface area contributed by atoms with Crippen molar-refractivity contribution in [2.24, 2.45) is 0 Å². The van der Waals surface area contributed by atoms with Crippen molar-refractivity contribution in [1.29, 1.82) is 0 Å². The zero-order valence-corrected chi connectivity index (χ0v) is 29.0. The van der Waals surface area contributed by atoms with Crippen LogP contribution in [0.3, 0.4) is 0 Å². The van der Waals surface area contributed by atoms with Gasteiger partial charge in [-0.05, 0) is 99.4 Å². The number of carbonyl (C=O) groups is 5. The molecule has 3 aromatic rings. The first-order valence-corrected chi connectivity index (χ1v) is 15.5. The Bertz CT molecular complexity index is 1520. The molecule has 2 heterocycles.